The van der Waals surface area contributed by atoms with Gasteiger partial charge in [0.15, 0.2) is 0 Å². The van der Waals surface area contributed by atoms with Crippen molar-refractivity contribution in [3.63, 3.8) is 0 Å². The lowest BCUT2D eigenvalue weighted by Gasteiger charge is -1.98. The highest BCUT2D eigenvalue weighted by atomic mass is 14.8. The van der Waals surface area contributed by atoms with Gasteiger partial charge in [-0.25, -0.2) is 0 Å². The fourth-order valence-corrected chi connectivity index (χ4v) is 1.09. The SMILES string of the molecule is CNCC=Cc1ccc(N)c(C#N)c1. The molecule has 3 heteroatoms. The van der Waals surface area contributed by atoms with Crippen LogP contribution in [0.15, 0.2) is 24.3 Å². The number of nitrogen functional groups attached to an aromatic ring is 1. The van der Waals surface area contributed by atoms with Gasteiger partial charge in [-0.2, -0.15) is 5.26 Å². The van der Waals surface area contributed by atoms with Crippen LogP contribution in [0.3, 0.4) is 0 Å². The van der Waals surface area contributed by atoms with Crippen molar-refractivity contribution >= 4 is 11.8 Å². The molecule has 0 radical (unpaired) electrons. The van der Waals surface area contributed by atoms with Crippen molar-refractivity contribution in [2.45, 2.75) is 0 Å². The van der Waals surface area contributed by atoms with Gasteiger partial charge in [-0.1, -0.05) is 18.2 Å². The van der Waals surface area contributed by atoms with Gasteiger partial charge in [-0.3, -0.25) is 0 Å². The Labute approximate surface area is 83.8 Å². The number of benzene rings is 1. The van der Waals surface area contributed by atoms with E-state index in [4.69, 9.17) is 11.0 Å². The average Bonchev–Trinajstić information content (AvgIpc) is 2.21. The van der Waals surface area contributed by atoms with Gasteiger partial charge >= 0.3 is 0 Å². The van der Waals surface area contributed by atoms with E-state index < -0.39 is 0 Å². The summed E-state index contributed by atoms with van der Waals surface area (Å²) in [6, 6.07) is 7.47. The highest BCUT2D eigenvalue weighted by Gasteiger charge is 1.96. The van der Waals surface area contributed by atoms with Crippen LogP contribution in [0, 0.1) is 11.3 Å². The standard InChI is InChI=1S/C11H13N3/c1-14-6-2-3-9-4-5-11(13)10(7-9)8-12/h2-5,7,14H,6,13H2,1H3. The summed E-state index contributed by atoms with van der Waals surface area (Å²) >= 11 is 0. The predicted octanol–water partition coefficient (Wildman–Crippen LogP) is 1.37. The van der Waals surface area contributed by atoms with E-state index in [1.165, 1.54) is 0 Å². The molecule has 0 saturated heterocycles. The number of rotatable bonds is 3. The Morgan fingerprint density at radius 2 is 2.36 bits per heavy atom. The number of nitrogens with one attached hydrogen (secondary N) is 1. The van der Waals surface area contributed by atoms with Crippen LogP contribution < -0.4 is 11.1 Å². The minimum Gasteiger partial charge on any atom is -0.398 e. The highest BCUT2D eigenvalue weighted by molar-refractivity contribution is 5.61. The normalized spacial score (nSPS) is 10.3. The lowest BCUT2D eigenvalue weighted by Crippen LogP contribution is -2.03. The van der Waals surface area contributed by atoms with Crippen LogP contribution in [0.2, 0.25) is 0 Å². The van der Waals surface area contributed by atoms with Crippen molar-refractivity contribution < 1.29 is 0 Å². The lowest BCUT2D eigenvalue weighted by atomic mass is 10.1. The van der Waals surface area contributed by atoms with Crippen LogP contribution in [0.4, 0.5) is 5.69 Å². The van der Waals surface area contributed by atoms with Gasteiger partial charge in [0.1, 0.15) is 6.07 Å². The molecule has 0 aliphatic carbocycles. The second kappa shape index (κ2) is 5.05. The van der Waals surface area contributed by atoms with Crippen molar-refractivity contribution in [1.29, 1.82) is 5.26 Å². The van der Waals surface area contributed by atoms with E-state index in [-0.39, 0.29) is 0 Å². The van der Waals surface area contributed by atoms with Gasteiger partial charge < -0.3 is 11.1 Å². The number of nitrogens with two attached hydrogens (primary N) is 1. The number of anilines is 1. The summed E-state index contributed by atoms with van der Waals surface area (Å²) in [5, 5.41) is 11.7. The molecule has 0 aliphatic rings. The molecule has 0 spiro atoms. The molecule has 1 aromatic rings. The third kappa shape index (κ3) is 2.61. The summed E-state index contributed by atoms with van der Waals surface area (Å²) in [6.45, 7) is 0.812. The minimum absolute atomic E-state index is 0.525. The first-order valence-corrected chi connectivity index (χ1v) is 4.38. The molecule has 72 valence electrons. The molecule has 0 saturated carbocycles. The van der Waals surface area contributed by atoms with Crippen LogP contribution in [0.25, 0.3) is 6.08 Å². The largest absolute Gasteiger partial charge is 0.398 e. The van der Waals surface area contributed by atoms with Crippen molar-refractivity contribution in [2.75, 3.05) is 19.3 Å². The van der Waals surface area contributed by atoms with Crippen LogP contribution in [0.1, 0.15) is 11.1 Å². The number of nitriles is 1. The zero-order valence-electron chi connectivity index (χ0n) is 8.12. The molecule has 0 fully saturated rings. The molecular formula is C11H13N3. The Morgan fingerprint density at radius 1 is 1.57 bits per heavy atom. The predicted molar refractivity (Wildman–Crippen MR) is 58.5 cm³/mol. The van der Waals surface area contributed by atoms with Gasteiger partial charge in [0.2, 0.25) is 0 Å². The minimum atomic E-state index is 0.525. The van der Waals surface area contributed by atoms with E-state index in [1.54, 1.807) is 12.1 Å². The summed E-state index contributed by atoms with van der Waals surface area (Å²) in [5.41, 5.74) is 7.64. The van der Waals surface area contributed by atoms with Gasteiger partial charge in [-0.05, 0) is 24.7 Å². The third-order valence-electron chi connectivity index (χ3n) is 1.83. The van der Waals surface area contributed by atoms with Gasteiger partial charge in [0, 0.05) is 12.2 Å². The molecule has 1 rings (SSSR count). The second-order valence-corrected chi connectivity index (χ2v) is 2.92. The van der Waals surface area contributed by atoms with Crippen molar-refractivity contribution in [1.82, 2.24) is 5.32 Å². The van der Waals surface area contributed by atoms with E-state index in [1.807, 2.05) is 25.3 Å². The number of likely N-dealkylation sites (N-methyl/N-ethyl adjacent to an activating group) is 1. The molecule has 0 aliphatic heterocycles. The lowest BCUT2D eigenvalue weighted by molar-refractivity contribution is 0.922. The fourth-order valence-electron chi connectivity index (χ4n) is 1.09. The molecule has 0 amide bonds. The first kappa shape index (κ1) is 10.3. The molecule has 1 aromatic carbocycles. The van der Waals surface area contributed by atoms with Crippen LogP contribution in [-0.4, -0.2) is 13.6 Å². The van der Waals surface area contributed by atoms with Crippen LogP contribution in [0.5, 0.6) is 0 Å². The average molecular weight is 187 g/mol. The monoisotopic (exact) mass is 187 g/mol. The van der Waals surface area contributed by atoms with Gasteiger partial charge in [-0.15, -0.1) is 0 Å². The second-order valence-electron chi connectivity index (χ2n) is 2.92. The van der Waals surface area contributed by atoms with Gasteiger partial charge in [0.25, 0.3) is 0 Å². The summed E-state index contributed by atoms with van der Waals surface area (Å²) in [5.74, 6) is 0. The van der Waals surface area contributed by atoms with Crippen molar-refractivity contribution in [3.05, 3.63) is 35.4 Å². The smallest absolute Gasteiger partial charge is 0.101 e. The first-order valence-electron chi connectivity index (χ1n) is 4.38. The Bertz CT molecular complexity index is 375. The number of hydrogen-bond donors (Lipinski definition) is 2. The zero-order chi connectivity index (χ0) is 10.4. The summed E-state index contributed by atoms with van der Waals surface area (Å²) in [7, 11) is 1.88. The van der Waals surface area contributed by atoms with E-state index in [0.717, 1.165) is 12.1 Å². The number of hydrogen-bond acceptors (Lipinski definition) is 3. The molecule has 14 heavy (non-hydrogen) atoms. The molecule has 0 bridgehead atoms. The number of nitrogens with zero attached hydrogens (tertiary/aromatic N) is 1. The van der Waals surface area contributed by atoms with Crippen molar-refractivity contribution in [2.24, 2.45) is 0 Å². The molecule has 3 N–H and O–H groups in total. The topological polar surface area (TPSA) is 61.8 Å². The van der Waals surface area contributed by atoms with Crippen LogP contribution in [-0.2, 0) is 0 Å². The molecular weight excluding hydrogens is 174 g/mol. The Kier molecular flexibility index (Phi) is 3.71. The first-order chi connectivity index (χ1) is 6.77. The summed E-state index contributed by atoms with van der Waals surface area (Å²) in [6.07, 6.45) is 3.95. The molecule has 0 heterocycles. The fraction of sp³-hybridized carbons (Fsp3) is 0.182. The van der Waals surface area contributed by atoms with Crippen LogP contribution >= 0.6 is 0 Å². The Balaban J connectivity index is 2.86. The highest BCUT2D eigenvalue weighted by Crippen LogP contribution is 2.13. The maximum Gasteiger partial charge on any atom is 0.101 e. The molecule has 0 unspecified atom stereocenters. The quantitative estimate of drug-likeness (QED) is 0.702. The van der Waals surface area contributed by atoms with E-state index >= 15 is 0 Å². The maximum absolute atomic E-state index is 8.75. The van der Waals surface area contributed by atoms with E-state index in [2.05, 4.69) is 11.4 Å². The van der Waals surface area contributed by atoms with E-state index in [9.17, 15) is 0 Å². The zero-order valence-corrected chi connectivity index (χ0v) is 8.12. The molecule has 0 aromatic heterocycles. The summed E-state index contributed by atoms with van der Waals surface area (Å²) in [4.78, 5) is 0. The Morgan fingerprint density at radius 3 is 3.00 bits per heavy atom. The third-order valence-corrected chi connectivity index (χ3v) is 1.83. The summed E-state index contributed by atoms with van der Waals surface area (Å²) < 4.78 is 0. The van der Waals surface area contributed by atoms with Gasteiger partial charge in [0.05, 0.1) is 5.56 Å². The maximum atomic E-state index is 8.75. The van der Waals surface area contributed by atoms with Crippen molar-refractivity contribution in [3.8, 4) is 6.07 Å². The molecule has 0 atom stereocenters. The Hall–Kier alpha value is -1.79. The molecule has 3 nitrogen and oxygen atoms in total. The van der Waals surface area contributed by atoms with E-state index in [0.29, 0.717) is 11.3 Å².